The molecule has 0 amide bonds. The van der Waals surface area contributed by atoms with Crippen LogP contribution in [-0.4, -0.2) is 47.3 Å². The molecule has 1 fully saturated rings. The Kier molecular flexibility index (Phi) is 4.33. The van der Waals surface area contributed by atoms with Gasteiger partial charge in [-0.25, -0.2) is 21.6 Å². The molecule has 96 valence electrons. The van der Waals surface area contributed by atoms with E-state index in [1.807, 2.05) is 6.92 Å². The van der Waals surface area contributed by atoms with Gasteiger partial charge in [-0.05, 0) is 18.9 Å². The SMILES string of the molecule is CC1CCNCC1NS(=O)(=O)CS(C)(=O)=O. The maximum Gasteiger partial charge on any atom is 0.226 e. The molecule has 2 N–H and O–H groups in total. The maximum atomic E-state index is 11.5. The number of nitrogens with one attached hydrogen (secondary N) is 2. The third kappa shape index (κ3) is 4.77. The van der Waals surface area contributed by atoms with E-state index in [1.165, 1.54) is 0 Å². The third-order valence-corrected chi connectivity index (χ3v) is 6.14. The van der Waals surface area contributed by atoms with Gasteiger partial charge < -0.3 is 5.32 Å². The van der Waals surface area contributed by atoms with Crippen LogP contribution in [0.2, 0.25) is 0 Å². The van der Waals surface area contributed by atoms with Gasteiger partial charge in [0.05, 0.1) is 0 Å². The topological polar surface area (TPSA) is 92.3 Å². The Morgan fingerprint density at radius 3 is 2.44 bits per heavy atom. The summed E-state index contributed by atoms with van der Waals surface area (Å²) < 4.78 is 47.4. The Hall–Kier alpha value is -0.180. The second-order valence-electron chi connectivity index (χ2n) is 4.35. The maximum absolute atomic E-state index is 11.5. The minimum Gasteiger partial charge on any atom is -0.315 e. The molecule has 8 heteroatoms. The van der Waals surface area contributed by atoms with Crippen LogP contribution >= 0.6 is 0 Å². The van der Waals surface area contributed by atoms with Crippen molar-refractivity contribution in [2.75, 3.05) is 24.4 Å². The normalized spacial score (nSPS) is 27.9. The van der Waals surface area contributed by atoms with Crippen molar-refractivity contribution in [3.63, 3.8) is 0 Å². The van der Waals surface area contributed by atoms with Crippen molar-refractivity contribution in [2.45, 2.75) is 19.4 Å². The molecule has 1 heterocycles. The molecule has 16 heavy (non-hydrogen) atoms. The fourth-order valence-electron chi connectivity index (χ4n) is 1.69. The molecule has 0 bridgehead atoms. The molecule has 0 radical (unpaired) electrons. The molecule has 2 atom stereocenters. The number of hydrogen-bond acceptors (Lipinski definition) is 5. The Morgan fingerprint density at radius 2 is 1.94 bits per heavy atom. The van der Waals surface area contributed by atoms with Crippen LogP contribution in [0.15, 0.2) is 0 Å². The first-order chi connectivity index (χ1) is 7.20. The van der Waals surface area contributed by atoms with Gasteiger partial charge in [0.25, 0.3) is 0 Å². The smallest absolute Gasteiger partial charge is 0.226 e. The van der Waals surface area contributed by atoms with Crippen LogP contribution in [0.1, 0.15) is 13.3 Å². The van der Waals surface area contributed by atoms with Crippen LogP contribution in [-0.2, 0) is 19.9 Å². The van der Waals surface area contributed by atoms with Gasteiger partial charge in [0.1, 0.15) is 0 Å². The first-order valence-electron chi connectivity index (χ1n) is 5.08. The minimum absolute atomic E-state index is 0.218. The van der Waals surface area contributed by atoms with E-state index in [0.29, 0.717) is 6.54 Å². The fraction of sp³-hybridized carbons (Fsp3) is 1.00. The van der Waals surface area contributed by atoms with E-state index in [-0.39, 0.29) is 12.0 Å². The molecule has 0 aromatic rings. The Labute approximate surface area is 96.8 Å². The van der Waals surface area contributed by atoms with Crippen LogP contribution in [0.4, 0.5) is 0 Å². The minimum atomic E-state index is -3.75. The average molecular weight is 270 g/mol. The van der Waals surface area contributed by atoms with Crippen molar-refractivity contribution in [3.8, 4) is 0 Å². The molecular formula is C8H18N2O4S2. The predicted octanol–water partition coefficient (Wildman–Crippen LogP) is -1.09. The van der Waals surface area contributed by atoms with Crippen LogP contribution < -0.4 is 10.0 Å². The summed E-state index contributed by atoms with van der Waals surface area (Å²) in [4.78, 5) is 0. The highest BCUT2D eigenvalue weighted by atomic mass is 32.3. The number of rotatable bonds is 4. The molecule has 0 aromatic carbocycles. The van der Waals surface area contributed by atoms with E-state index in [9.17, 15) is 16.8 Å². The van der Waals surface area contributed by atoms with Gasteiger partial charge in [-0.1, -0.05) is 6.92 Å². The van der Waals surface area contributed by atoms with E-state index in [2.05, 4.69) is 10.0 Å². The summed E-state index contributed by atoms with van der Waals surface area (Å²) in [6, 6.07) is -0.222. The molecule has 0 aromatic heterocycles. The highest BCUT2D eigenvalue weighted by molar-refractivity contribution is 8.06. The Morgan fingerprint density at radius 1 is 1.31 bits per heavy atom. The molecule has 2 unspecified atom stereocenters. The molecule has 1 aliphatic rings. The number of piperidine rings is 1. The average Bonchev–Trinajstić information content (AvgIpc) is 2.04. The monoisotopic (exact) mass is 270 g/mol. The van der Waals surface area contributed by atoms with E-state index >= 15 is 0 Å². The Balaban J connectivity index is 2.65. The molecule has 0 saturated carbocycles. The molecule has 0 aliphatic carbocycles. The predicted molar refractivity (Wildman–Crippen MR) is 62.2 cm³/mol. The molecule has 0 spiro atoms. The summed E-state index contributed by atoms with van der Waals surface area (Å²) in [6.07, 6.45) is 1.79. The van der Waals surface area contributed by atoms with E-state index in [0.717, 1.165) is 19.2 Å². The first kappa shape index (κ1) is 13.9. The molecule has 6 nitrogen and oxygen atoms in total. The lowest BCUT2D eigenvalue weighted by Crippen LogP contribution is -2.51. The van der Waals surface area contributed by atoms with Crippen LogP contribution in [0.5, 0.6) is 0 Å². The third-order valence-electron chi connectivity index (χ3n) is 2.53. The van der Waals surface area contributed by atoms with Crippen molar-refractivity contribution in [3.05, 3.63) is 0 Å². The van der Waals surface area contributed by atoms with Crippen molar-refractivity contribution in [1.82, 2.24) is 10.0 Å². The summed E-state index contributed by atoms with van der Waals surface area (Å²) in [6.45, 7) is 3.37. The lowest BCUT2D eigenvalue weighted by Gasteiger charge is -2.29. The fourth-order valence-corrected chi connectivity index (χ4v) is 5.00. The Bertz CT molecular complexity index is 429. The van der Waals surface area contributed by atoms with Crippen LogP contribution in [0, 0.1) is 5.92 Å². The van der Waals surface area contributed by atoms with Crippen molar-refractivity contribution in [2.24, 2.45) is 5.92 Å². The number of hydrogen-bond donors (Lipinski definition) is 2. The molecule has 1 saturated heterocycles. The quantitative estimate of drug-likeness (QED) is 0.677. The van der Waals surface area contributed by atoms with Gasteiger partial charge in [0.2, 0.25) is 10.0 Å². The van der Waals surface area contributed by atoms with E-state index in [4.69, 9.17) is 0 Å². The second-order valence-corrected chi connectivity index (χ2v) is 8.61. The molecule has 1 aliphatic heterocycles. The van der Waals surface area contributed by atoms with Crippen molar-refractivity contribution >= 4 is 19.9 Å². The second kappa shape index (κ2) is 4.99. The van der Waals surface area contributed by atoms with Gasteiger partial charge in [-0.2, -0.15) is 0 Å². The number of sulfone groups is 1. The van der Waals surface area contributed by atoms with Crippen LogP contribution in [0.25, 0.3) is 0 Å². The molecular weight excluding hydrogens is 252 g/mol. The standard InChI is InChI=1S/C8H18N2O4S2/c1-7-3-4-9-5-8(7)10-16(13,14)6-15(2,11)12/h7-10H,3-6H2,1-2H3. The highest BCUT2D eigenvalue weighted by Gasteiger charge is 2.27. The van der Waals surface area contributed by atoms with Gasteiger partial charge in [-0.15, -0.1) is 0 Å². The highest BCUT2D eigenvalue weighted by Crippen LogP contribution is 2.12. The van der Waals surface area contributed by atoms with Crippen LogP contribution in [0.3, 0.4) is 0 Å². The summed E-state index contributed by atoms with van der Waals surface area (Å²) in [7, 11) is -7.27. The summed E-state index contributed by atoms with van der Waals surface area (Å²) >= 11 is 0. The van der Waals surface area contributed by atoms with E-state index in [1.54, 1.807) is 0 Å². The summed E-state index contributed by atoms with van der Waals surface area (Å²) in [5.41, 5.74) is 0. The van der Waals surface area contributed by atoms with E-state index < -0.39 is 24.9 Å². The van der Waals surface area contributed by atoms with Gasteiger partial charge >= 0.3 is 0 Å². The lowest BCUT2D eigenvalue weighted by atomic mass is 9.96. The largest absolute Gasteiger partial charge is 0.315 e. The van der Waals surface area contributed by atoms with Crippen molar-refractivity contribution in [1.29, 1.82) is 0 Å². The molecule has 1 rings (SSSR count). The first-order valence-corrected chi connectivity index (χ1v) is 8.79. The van der Waals surface area contributed by atoms with Crippen molar-refractivity contribution < 1.29 is 16.8 Å². The van der Waals surface area contributed by atoms with Gasteiger partial charge in [0, 0.05) is 18.8 Å². The summed E-state index contributed by atoms with van der Waals surface area (Å²) in [5.74, 6) is 0.218. The van der Waals surface area contributed by atoms with Gasteiger partial charge in [0.15, 0.2) is 14.9 Å². The number of sulfonamides is 1. The summed E-state index contributed by atoms with van der Waals surface area (Å²) in [5, 5.41) is 2.23. The zero-order chi connectivity index (χ0) is 12.4. The zero-order valence-electron chi connectivity index (χ0n) is 9.43. The zero-order valence-corrected chi connectivity index (χ0v) is 11.1. The lowest BCUT2D eigenvalue weighted by molar-refractivity contribution is 0.327. The van der Waals surface area contributed by atoms with Gasteiger partial charge in [-0.3, -0.25) is 0 Å².